The summed E-state index contributed by atoms with van der Waals surface area (Å²) in [6, 6.07) is 17.2. The number of aryl methyl sites for hydroxylation is 1. The third-order valence-electron chi connectivity index (χ3n) is 4.59. The minimum Gasteiger partial charge on any atom is -0.321 e. The van der Waals surface area contributed by atoms with Gasteiger partial charge in [0.05, 0.1) is 11.9 Å². The third kappa shape index (κ3) is 3.83. The summed E-state index contributed by atoms with van der Waals surface area (Å²) >= 11 is 1.40. The number of hydrogen-bond donors (Lipinski definition) is 1. The minimum atomic E-state index is -0.286. The molecule has 0 fully saturated rings. The van der Waals surface area contributed by atoms with Crippen LogP contribution >= 0.6 is 11.3 Å². The predicted molar refractivity (Wildman–Crippen MR) is 117 cm³/mol. The van der Waals surface area contributed by atoms with Crippen LogP contribution in [0.1, 0.15) is 10.5 Å². The lowest BCUT2D eigenvalue weighted by atomic mass is 10.2. The summed E-state index contributed by atoms with van der Waals surface area (Å²) in [6.45, 7) is 0. The summed E-state index contributed by atoms with van der Waals surface area (Å²) in [5.41, 5.74) is 3.60. The molecule has 9 nitrogen and oxygen atoms in total. The van der Waals surface area contributed by atoms with Crippen molar-refractivity contribution in [2.24, 2.45) is 7.05 Å². The van der Waals surface area contributed by atoms with Gasteiger partial charge in [-0.05, 0) is 34.7 Å². The maximum absolute atomic E-state index is 12.7. The smallest absolute Gasteiger partial charge is 0.275 e. The van der Waals surface area contributed by atoms with Gasteiger partial charge in [-0.2, -0.15) is 5.10 Å². The summed E-state index contributed by atoms with van der Waals surface area (Å²) in [7, 11) is 1.76. The summed E-state index contributed by atoms with van der Waals surface area (Å²) in [4.78, 5) is 17.2. The van der Waals surface area contributed by atoms with Crippen molar-refractivity contribution in [3.05, 3.63) is 78.1 Å². The molecule has 0 radical (unpaired) electrons. The zero-order valence-electron chi connectivity index (χ0n) is 16.4. The van der Waals surface area contributed by atoms with Crippen molar-refractivity contribution in [3.63, 3.8) is 0 Å². The zero-order valence-corrected chi connectivity index (χ0v) is 17.2. The highest BCUT2D eigenvalue weighted by atomic mass is 32.1. The Morgan fingerprint density at radius 1 is 1.06 bits per heavy atom. The van der Waals surface area contributed by atoms with Crippen LogP contribution in [0.2, 0.25) is 0 Å². The van der Waals surface area contributed by atoms with E-state index in [0.29, 0.717) is 17.2 Å². The molecule has 10 heteroatoms. The number of para-hydroxylation sites is 1. The van der Waals surface area contributed by atoms with Gasteiger partial charge < -0.3 is 5.32 Å². The Morgan fingerprint density at radius 3 is 2.74 bits per heavy atom. The quantitative estimate of drug-likeness (QED) is 0.460. The number of thiazole rings is 1. The fourth-order valence-corrected chi connectivity index (χ4v) is 3.85. The van der Waals surface area contributed by atoms with Crippen molar-refractivity contribution in [3.8, 4) is 27.6 Å². The number of carbonyl (C=O) groups is 1. The number of nitrogens with one attached hydrogen (secondary N) is 1. The van der Waals surface area contributed by atoms with E-state index in [1.807, 2.05) is 60.8 Å². The second-order valence-corrected chi connectivity index (χ2v) is 7.57. The second kappa shape index (κ2) is 7.92. The summed E-state index contributed by atoms with van der Waals surface area (Å²) in [5, 5.41) is 21.2. The number of rotatable bonds is 5. The molecule has 3 heterocycles. The lowest BCUT2D eigenvalue weighted by Crippen LogP contribution is -2.12. The zero-order chi connectivity index (χ0) is 21.2. The van der Waals surface area contributed by atoms with Gasteiger partial charge in [0.2, 0.25) is 0 Å². The molecule has 0 spiro atoms. The van der Waals surface area contributed by atoms with Crippen molar-refractivity contribution in [1.82, 2.24) is 35.0 Å². The number of aromatic nitrogens is 7. The van der Waals surface area contributed by atoms with Crippen molar-refractivity contribution in [1.29, 1.82) is 0 Å². The molecule has 3 aromatic heterocycles. The van der Waals surface area contributed by atoms with Crippen LogP contribution in [0.25, 0.3) is 27.6 Å². The standard InChI is InChI=1S/C21H16N8OS/c1-28-19(25-26-27-28)14-6-5-7-16(10-14)23-20(30)18-13-31-21(24-18)15-11-22-29(12-15)17-8-3-2-4-9-17/h2-13H,1H3,(H,23,30). The number of nitrogens with zero attached hydrogens (tertiary/aromatic N) is 7. The molecule has 1 amide bonds. The highest BCUT2D eigenvalue weighted by Gasteiger charge is 2.14. The van der Waals surface area contributed by atoms with Crippen LogP contribution in [-0.2, 0) is 7.05 Å². The maximum Gasteiger partial charge on any atom is 0.275 e. The largest absolute Gasteiger partial charge is 0.321 e. The SMILES string of the molecule is Cn1nnnc1-c1cccc(NC(=O)c2csc(-c3cnn(-c4ccccc4)c3)n2)c1. The Kier molecular flexibility index (Phi) is 4.81. The van der Waals surface area contributed by atoms with Crippen LogP contribution in [0.3, 0.4) is 0 Å². The molecule has 0 unspecified atom stereocenters. The molecule has 31 heavy (non-hydrogen) atoms. The Morgan fingerprint density at radius 2 is 1.94 bits per heavy atom. The number of tetrazole rings is 1. The molecule has 0 atom stereocenters. The number of hydrogen-bond acceptors (Lipinski definition) is 7. The molecular formula is C21H16N8OS. The van der Waals surface area contributed by atoms with Gasteiger partial charge in [0, 0.05) is 35.4 Å². The second-order valence-electron chi connectivity index (χ2n) is 6.71. The summed E-state index contributed by atoms with van der Waals surface area (Å²) in [5.74, 6) is 0.327. The van der Waals surface area contributed by atoms with Crippen LogP contribution < -0.4 is 5.32 Å². The number of amides is 1. The third-order valence-corrected chi connectivity index (χ3v) is 5.48. The number of carbonyl (C=O) groups excluding carboxylic acids is 1. The highest BCUT2D eigenvalue weighted by molar-refractivity contribution is 7.13. The molecular weight excluding hydrogens is 412 g/mol. The molecule has 0 aliphatic heterocycles. The van der Waals surface area contributed by atoms with E-state index in [2.05, 4.69) is 30.9 Å². The van der Waals surface area contributed by atoms with E-state index in [4.69, 9.17) is 0 Å². The molecule has 0 aliphatic rings. The van der Waals surface area contributed by atoms with Gasteiger partial charge >= 0.3 is 0 Å². The lowest BCUT2D eigenvalue weighted by Gasteiger charge is -2.05. The Hall–Kier alpha value is -4.18. The van der Waals surface area contributed by atoms with E-state index >= 15 is 0 Å². The highest BCUT2D eigenvalue weighted by Crippen LogP contribution is 2.25. The van der Waals surface area contributed by atoms with Crippen LogP contribution in [0.4, 0.5) is 5.69 Å². The van der Waals surface area contributed by atoms with Crippen molar-refractivity contribution in [2.45, 2.75) is 0 Å². The van der Waals surface area contributed by atoms with Gasteiger partial charge in [-0.1, -0.05) is 30.3 Å². The average Bonchev–Trinajstić information content (AvgIpc) is 3.55. The summed E-state index contributed by atoms with van der Waals surface area (Å²) < 4.78 is 3.35. The molecule has 0 saturated heterocycles. The number of anilines is 1. The molecule has 2 aromatic carbocycles. The van der Waals surface area contributed by atoms with Crippen LogP contribution in [-0.4, -0.2) is 40.9 Å². The van der Waals surface area contributed by atoms with E-state index < -0.39 is 0 Å². The van der Waals surface area contributed by atoms with E-state index in [1.165, 1.54) is 11.3 Å². The van der Waals surface area contributed by atoms with Crippen LogP contribution in [0.15, 0.2) is 72.4 Å². The molecule has 0 bridgehead atoms. The predicted octanol–water partition coefficient (Wildman–Crippen LogP) is 3.44. The monoisotopic (exact) mass is 428 g/mol. The van der Waals surface area contributed by atoms with Crippen molar-refractivity contribution in [2.75, 3.05) is 5.32 Å². The molecule has 0 saturated carbocycles. The molecule has 152 valence electrons. The lowest BCUT2D eigenvalue weighted by molar-refractivity contribution is 0.102. The molecule has 1 N–H and O–H groups in total. The van der Waals surface area contributed by atoms with E-state index in [0.717, 1.165) is 21.8 Å². The van der Waals surface area contributed by atoms with Crippen molar-refractivity contribution < 1.29 is 4.79 Å². The number of benzene rings is 2. The van der Waals surface area contributed by atoms with Gasteiger partial charge in [0.1, 0.15) is 10.7 Å². The fourth-order valence-electron chi connectivity index (χ4n) is 3.07. The van der Waals surface area contributed by atoms with Gasteiger partial charge in [0.15, 0.2) is 5.82 Å². The molecule has 5 rings (SSSR count). The Balaban J connectivity index is 1.33. The maximum atomic E-state index is 12.7. The average molecular weight is 428 g/mol. The van der Waals surface area contributed by atoms with Gasteiger partial charge in [-0.3, -0.25) is 4.79 Å². The first kappa shape index (κ1) is 18.8. The normalized spacial score (nSPS) is 10.9. The van der Waals surface area contributed by atoms with Crippen LogP contribution in [0, 0.1) is 0 Å². The van der Waals surface area contributed by atoms with E-state index in [-0.39, 0.29) is 5.91 Å². The molecule has 0 aliphatic carbocycles. The summed E-state index contributed by atoms with van der Waals surface area (Å²) in [6.07, 6.45) is 3.64. The first-order valence-electron chi connectivity index (χ1n) is 9.37. The van der Waals surface area contributed by atoms with Crippen molar-refractivity contribution >= 4 is 22.9 Å². The van der Waals surface area contributed by atoms with Gasteiger partial charge in [-0.25, -0.2) is 14.3 Å². The topological polar surface area (TPSA) is 103 Å². The van der Waals surface area contributed by atoms with Gasteiger partial charge in [-0.15, -0.1) is 16.4 Å². The Labute approximate surface area is 181 Å². The Bertz CT molecular complexity index is 1350. The molecule has 5 aromatic rings. The fraction of sp³-hybridized carbons (Fsp3) is 0.0476. The first-order valence-corrected chi connectivity index (χ1v) is 10.3. The minimum absolute atomic E-state index is 0.286. The van der Waals surface area contributed by atoms with Crippen LogP contribution in [0.5, 0.6) is 0 Å². The first-order chi connectivity index (χ1) is 15.2. The van der Waals surface area contributed by atoms with Gasteiger partial charge in [0.25, 0.3) is 5.91 Å². The van der Waals surface area contributed by atoms with E-state index in [9.17, 15) is 4.79 Å². The van der Waals surface area contributed by atoms with E-state index in [1.54, 1.807) is 28.0 Å².